The molecule has 1 saturated carbocycles. The fraction of sp³-hybridized carbons (Fsp3) is 0.571. The van der Waals surface area contributed by atoms with Gasteiger partial charge in [0.2, 0.25) is 5.91 Å². The van der Waals surface area contributed by atoms with Crippen molar-refractivity contribution >= 4 is 23.6 Å². The van der Waals surface area contributed by atoms with Crippen LogP contribution in [-0.4, -0.2) is 41.0 Å². The zero-order valence-corrected chi connectivity index (χ0v) is 16.9. The lowest BCUT2D eigenvalue weighted by Gasteiger charge is -2.26. The number of aliphatic carboxylic acids is 1. The summed E-state index contributed by atoms with van der Waals surface area (Å²) in [4.78, 5) is 37.3. The third-order valence-corrected chi connectivity index (χ3v) is 5.52. The molecule has 154 valence electrons. The molecular formula is C21H31N3O4. The number of carbonyl (C=O) groups excluding carboxylic acids is 2. The monoisotopic (exact) mass is 389 g/mol. The highest BCUT2D eigenvalue weighted by Gasteiger charge is 2.30. The molecule has 1 unspecified atom stereocenters. The van der Waals surface area contributed by atoms with Crippen molar-refractivity contribution < 1.29 is 19.5 Å². The number of nitrogens with zero attached hydrogens (tertiary/aromatic N) is 1. The van der Waals surface area contributed by atoms with Gasteiger partial charge in [-0.15, -0.1) is 0 Å². The van der Waals surface area contributed by atoms with Gasteiger partial charge in [-0.2, -0.15) is 0 Å². The number of nitrogens with one attached hydrogen (secondary N) is 2. The van der Waals surface area contributed by atoms with Gasteiger partial charge in [0, 0.05) is 24.7 Å². The first-order chi connectivity index (χ1) is 13.3. The fourth-order valence-electron chi connectivity index (χ4n) is 3.59. The molecule has 2 rings (SSSR count). The van der Waals surface area contributed by atoms with Gasteiger partial charge < -0.3 is 20.6 Å². The van der Waals surface area contributed by atoms with E-state index in [4.69, 9.17) is 5.11 Å². The predicted molar refractivity (Wildman–Crippen MR) is 108 cm³/mol. The molecule has 0 spiro atoms. The summed E-state index contributed by atoms with van der Waals surface area (Å²) in [5.74, 6) is -1.22. The lowest BCUT2D eigenvalue weighted by atomic mass is 9.81. The van der Waals surface area contributed by atoms with Gasteiger partial charge in [0.15, 0.2) is 0 Å². The summed E-state index contributed by atoms with van der Waals surface area (Å²) in [6, 6.07) is 7.16. The predicted octanol–water partition coefficient (Wildman–Crippen LogP) is 3.63. The summed E-state index contributed by atoms with van der Waals surface area (Å²) in [5.41, 5.74) is 1.67. The van der Waals surface area contributed by atoms with Gasteiger partial charge in [0.1, 0.15) is 0 Å². The summed E-state index contributed by atoms with van der Waals surface area (Å²) in [7, 11) is 0. The normalized spacial score (nSPS) is 20.1. The first-order valence-corrected chi connectivity index (χ1v) is 10.0. The van der Waals surface area contributed by atoms with Crippen molar-refractivity contribution in [2.75, 3.05) is 18.4 Å². The smallest absolute Gasteiger partial charge is 0.321 e. The lowest BCUT2D eigenvalue weighted by Crippen LogP contribution is -2.35. The zero-order chi connectivity index (χ0) is 20.7. The molecule has 7 nitrogen and oxygen atoms in total. The third kappa shape index (κ3) is 5.71. The summed E-state index contributed by atoms with van der Waals surface area (Å²) in [6.45, 7) is 7.09. The highest BCUT2D eigenvalue weighted by atomic mass is 16.4. The Labute approximate surface area is 166 Å². The Hall–Kier alpha value is -2.57. The number of carboxylic acids is 1. The van der Waals surface area contributed by atoms with Gasteiger partial charge in [0.25, 0.3) is 0 Å². The molecule has 1 aromatic rings. The number of hydrogen-bond donors (Lipinski definition) is 3. The number of benzene rings is 1. The van der Waals surface area contributed by atoms with Gasteiger partial charge in [0.05, 0.1) is 12.0 Å². The molecule has 0 bridgehead atoms. The van der Waals surface area contributed by atoms with Crippen LogP contribution in [0, 0.1) is 11.8 Å². The van der Waals surface area contributed by atoms with E-state index in [1.165, 1.54) is 0 Å². The molecule has 0 saturated heterocycles. The Morgan fingerprint density at radius 2 is 1.57 bits per heavy atom. The molecular weight excluding hydrogens is 358 g/mol. The van der Waals surface area contributed by atoms with Crippen LogP contribution in [0.4, 0.5) is 10.5 Å². The minimum Gasteiger partial charge on any atom is -0.481 e. The zero-order valence-electron chi connectivity index (χ0n) is 16.9. The second-order valence-electron chi connectivity index (χ2n) is 7.34. The largest absolute Gasteiger partial charge is 0.481 e. The van der Waals surface area contributed by atoms with E-state index in [0.29, 0.717) is 44.5 Å². The van der Waals surface area contributed by atoms with Crippen LogP contribution in [0.1, 0.15) is 58.1 Å². The van der Waals surface area contributed by atoms with Crippen molar-refractivity contribution in [2.45, 2.75) is 52.5 Å². The average molecular weight is 389 g/mol. The van der Waals surface area contributed by atoms with Gasteiger partial charge in [-0.3, -0.25) is 9.59 Å². The molecule has 0 heterocycles. The fourth-order valence-corrected chi connectivity index (χ4v) is 3.59. The van der Waals surface area contributed by atoms with Gasteiger partial charge in [-0.05, 0) is 64.2 Å². The molecule has 1 aliphatic carbocycles. The SMILES string of the molecule is CCN(CC)C(=O)Nc1ccc(C(C)NC(=O)C2CCC(C(=O)O)CC2)cc1. The molecule has 1 aromatic carbocycles. The van der Waals surface area contributed by atoms with Crippen LogP contribution in [0.2, 0.25) is 0 Å². The van der Waals surface area contributed by atoms with E-state index in [1.807, 2.05) is 45.0 Å². The Balaban J connectivity index is 1.87. The van der Waals surface area contributed by atoms with Gasteiger partial charge in [-0.25, -0.2) is 4.79 Å². The summed E-state index contributed by atoms with van der Waals surface area (Å²) in [6.07, 6.45) is 2.35. The third-order valence-electron chi connectivity index (χ3n) is 5.52. The molecule has 0 aromatic heterocycles. The number of urea groups is 1. The van der Waals surface area contributed by atoms with E-state index in [2.05, 4.69) is 10.6 Å². The first kappa shape index (κ1) is 21.7. The van der Waals surface area contributed by atoms with Crippen LogP contribution in [0.5, 0.6) is 0 Å². The van der Waals surface area contributed by atoms with Crippen molar-refractivity contribution in [3.8, 4) is 0 Å². The van der Waals surface area contributed by atoms with Crippen molar-refractivity contribution in [2.24, 2.45) is 11.8 Å². The highest BCUT2D eigenvalue weighted by Crippen LogP contribution is 2.29. The van der Waals surface area contributed by atoms with Crippen molar-refractivity contribution in [3.05, 3.63) is 29.8 Å². The first-order valence-electron chi connectivity index (χ1n) is 10.0. The molecule has 7 heteroatoms. The average Bonchev–Trinajstić information content (AvgIpc) is 2.69. The highest BCUT2D eigenvalue weighted by molar-refractivity contribution is 5.89. The minimum absolute atomic E-state index is 0.0183. The number of carbonyl (C=O) groups is 3. The Morgan fingerprint density at radius 3 is 2.07 bits per heavy atom. The Kier molecular flexibility index (Phi) is 7.84. The van der Waals surface area contributed by atoms with E-state index in [1.54, 1.807) is 4.90 Å². The lowest BCUT2D eigenvalue weighted by molar-refractivity contribution is -0.144. The van der Waals surface area contributed by atoms with E-state index < -0.39 is 5.97 Å². The standard InChI is InChI=1S/C21H31N3O4/c1-4-24(5-2)21(28)23-18-12-10-15(11-13-18)14(3)22-19(25)16-6-8-17(9-7-16)20(26)27/h10-14,16-17H,4-9H2,1-3H3,(H,22,25)(H,23,28)(H,26,27). The van der Waals surface area contributed by atoms with Crippen LogP contribution in [0.25, 0.3) is 0 Å². The van der Waals surface area contributed by atoms with Crippen molar-refractivity contribution in [3.63, 3.8) is 0 Å². The van der Waals surface area contributed by atoms with E-state index >= 15 is 0 Å². The van der Waals surface area contributed by atoms with Crippen molar-refractivity contribution in [1.82, 2.24) is 10.2 Å². The van der Waals surface area contributed by atoms with E-state index in [-0.39, 0.29) is 29.8 Å². The maximum atomic E-state index is 12.5. The van der Waals surface area contributed by atoms with Crippen LogP contribution >= 0.6 is 0 Å². The maximum Gasteiger partial charge on any atom is 0.321 e. The summed E-state index contributed by atoms with van der Waals surface area (Å²) in [5, 5.41) is 15.0. The quantitative estimate of drug-likeness (QED) is 0.663. The summed E-state index contributed by atoms with van der Waals surface area (Å²) >= 11 is 0. The second-order valence-corrected chi connectivity index (χ2v) is 7.34. The van der Waals surface area contributed by atoms with Crippen LogP contribution < -0.4 is 10.6 Å². The van der Waals surface area contributed by atoms with Crippen molar-refractivity contribution in [1.29, 1.82) is 0 Å². The molecule has 28 heavy (non-hydrogen) atoms. The van der Waals surface area contributed by atoms with Gasteiger partial charge in [-0.1, -0.05) is 12.1 Å². The van der Waals surface area contributed by atoms with E-state index in [9.17, 15) is 14.4 Å². The molecule has 3 N–H and O–H groups in total. The van der Waals surface area contributed by atoms with E-state index in [0.717, 1.165) is 5.56 Å². The molecule has 1 fully saturated rings. The van der Waals surface area contributed by atoms with Crippen LogP contribution in [0.3, 0.4) is 0 Å². The molecule has 1 atom stereocenters. The molecule has 0 radical (unpaired) electrons. The Bertz CT molecular complexity index is 677. The molecule has 1 aliphatic rings. The molecule has 3 amide bonds. The number of anilines is 1. The minimum atomic E-state index is -0.764. The van der Waals surface area contributed by atoms with Crippen LogP contribution in [0.15, 0.2) is 24.3 Å². The number of hydrogen-bond acceptors (Lipinski definition) is 3. The number of rotatable bonds is 7. The van der Waals surface area contributed by atoms with Gasteiger partial charge >= 0.3 is 12.0 Å². The maximum absolute atomic E-state index is 12.5. The Morgan fingerprint density at radius 1 is 1.04 bits per heavy atom. The number of carboxylic acid groups (broad SMARTS) is 1. The number of amides is 3. The second kappa shape index (κ2) is 10.1. The summed E-state index contributed by atoms with van der Waals surface area (Å²) < 4.78 is 0. The van der Waals surface area contributed by atoms with Crippen LogP contribution in [-0.2, 0) is 9.59 Å². The molecule has 0 aliphatic heterocycles. The topological polar surface area (TPSA) is 98.7 Å².